The molecule has 1 amide bonds. The molecule has 1 aromatic rings. The molecule has 1 rings (SSSR count). The zero-order valence-corrected chi connectivity index (χ0v) is 8.61. The number of benzene rings is 1. The van der Waals surface area contributed by atoms with Gasteiger partial charge < -0.3 is 5.32 Å². The van der Waals surface area contributed by atoms with Crippen molar-refractivity contribution in [3.05, 3.63) is 35.4 Å². The van der Waals surface area contributed by atoms with Crippen LogP contribution in [0.15, 0.2) is 24.3 Å². The van der Waals surface area contributed by atoms with Crippen molar-refractivity contribution in [3.8, 4) is 0 Å². The van der Waals surface area contributed by atoms with Crippen LogP contribution in [0.3, 0.4) is 0 Å². The van der Waals surface area contributed by atoms with E-state index in [1.807, 2.05) is 0 Å². The molecule has 94 valence electrons. The topological polar surface area (TPSA) is 29.1 Å². The molecule has 0 saturated carbocycles. The first-order chi connectivity index (χ1) is 7.69. The number of hydrogen-bond acceptors (Lipinski definition) is 1. The van der Waals surface area contributed by atoms with Crippen LogP contribution < -0.4 is 5.32 Å². The number of rotatable bonds is 2. The maximum Gasteiger partial charge on any atom is 0.416 e. The second-order valence-corrected chi connectivity index (χ2v) is 3.23. The number of carbonyl (C=O) groups is 1. The maximum atomic E-state index is 13.3. The van der Waals surface area contributed by atoms with Gasteiger partial charge in [0, 0.05) is 12.6 Å². The number of carbonyl (C=O) groups excluding carboxylic acids is 1. The van der Waals surface area contributed by atoms with Gasteiger partial charge in [0.15, 0.2) is 0 Å². The van der Waals surface area contributed by atoms with Crippen LogP contribution in [-0.4, -0.2) is 13.0 Å². The van der Waals surface area contributed by atoms with Crippen molar-refractivity contribution in [2.45, 2.75) is 12.1 Å². The highest BCUT2D eigenvalue weighted by Gasteiger charge is 2.41. The van der Waals surface area contributed by atoms with Gasteiger partial charge in [-0.05, 0) is 12.1 Å². The van der Waals surface area contributed by atoms with Gasteiger partial charge in [-0.15, -0.1) is 0 Å². The number of amides is 1. The highest BCUT2D eigenvalue weighted by Crippen LogP contribution is 2.34. The van der Waals surface area contributed by atoms with Crippen molar-refractivity contribution in [2.75, 3.05) is 7.05 Å². The lowest BCUT2D eigenvalue weighted by Gasteiger charge is -2.16. The zero-order valence-electron chi connectivity index (χ0n) is 8.61. The monoisotopic (exact) mass is 253 g/mol. The predicted octanol–water partition coefficient (Wildman–Crippen LogP) is 2.54. The van der Waals surface area contributed by atoms with Crippen LogP contribution in [0.25, 0.3) is 0 Å². The standard InChI is InChI=1S/C10H8F5NO/c1-16-8(17)9(11,12)6-3-2-4-7(5-6)10(13,14)15/h2-5H,1H3,(H,16,17). The van der Waals surface area contributed by atoms with Gasteiger partial charge in [-0.25, -0.2) is 0 Å². The number of halogens is 5. The van der Waals surface area contributed by atoms with E-state index < -0.39 is 29.1 Å². The van der Waals surface area contributed by atoms with Gasteiger partial charge in [0.25, 0.3) is 5.91 Å². The molecule has 0 aliphatic rings. The number of hydrogen-bond donors (Lipinski definition) is 1. The summed E-state index contributed by atoms with van der Waals surface area (Å²) in [6.07, 6.45) is -4.73. The summed E-state index contributed by atoms with van der Waals surface area (Å²) < 4.78 is 63.6. The molecule has 0 bridgehead atoms. The molecule has 17 heavy (non-hydrogen) atoms. The van der Waals surface area contributed by atoms with E-state index in [9.17, 15) is 26.7 Å². The van der Waals surface area contributed by atoms with Crippen molar-refractivity contribution in [3.63, 3.8) is 0 Å². The Hall–Kier alpha value is -1.66. The maximum absolute atomic E-state index is 13.3. The summed E-state index contributed by atoms with van der Waals surface area (Å²) in [6, 6.07) is 2.51. The Balaban J connectivity index is 3.20. The molecule has 0 aromatic heterocycles. The molecule has 1 N–H and O–H groups in total. The van der Waals surface area contributed by atoms with Crippen LogP contribution >= 0.6 is 0 Å². The Labute approximate surface area is 93.4 Å². The summed E-state index contributed by atoms with van der Waals surface area (Å²) >= 11 is 0. The molecular weight excluding hydrogens is 245 g/mol. The van der Waals surface area contributed by atoms with Crippen LogP contribution in [0.1, 0.15) is 11.1 Å². The molecule has 0 fully saturated rings. The summed E-state index contributed by atoms with van der Waals surface area (Å²) in [6.45, 7) is 0. The molecule has 2 nitrogen and oxygen atoms in total. The fourth-order valence-corrected chi connectivity index (χ4v) is 1.18. The summed E-state index contributed by atoms with van der Waals surface area (Å²) in [5.41, 5.74) is -2.22. The minimum absolute atomic E-state index is 0.259. The summed E-state index contributed by atoms with van der Waals surface area (Å²) in [4.78, 5) is 10.9. The second-order valence-electron chi connectivity index (χ2n) is 3.23. The van der Waals surface area contributed by atoms with Gasteiger partial charge in [0.05, 0.1) is 5.56 Å². The molecule has 7 heteroatoms. The highest BCUT2D eigenvalue weighted by molar-refractivity contribution is 5.84. The Morgan fingerprint density at radius 3 is 2.12 bits per heavy atom. The lowest BCUT2D eigenvalue weighted by atomic mass is 10.0. The lowest BCUT2D eigenvalue weighted by Crippen LogP contribution is -2.35. The molecule has 0 heterocycles. The Morgan fingerprint density at radius 1 is 1.12 bits per heavy atom. The SMILES string of the molecule is CNC(=O)C(F)(F)c1cccc(C(F)(F)F)c1. The molecule has 1 aromatic carbocycles. The molecule has 0 saturated heterocycles. The molecule has 0 radical (unpaired) electrons. The third-order valence-corrected chi connectivity index (χ3v) is 2.06. The van der Waals surface area contributed by atoms with Gasteiger partial charge in [0.1, 0.15) is 0 Å². The molecule has 0 unspecified atom stereocenters. The highest BCUT2D eigenvalue weighted by atomic mass is 19.4. The van der Waals surface area contributed by atoms with Crippen LogP contribution in [0.4, 0.5) is 22.0 Å². The van der Waals surface area contributed by atoms with E-state index in [2.05, 4.69) is 0 Å². The summed E-state index contributed by atoms with van der Waals surface area (Å²) in [7, 11) is 0.976. The van der Waals surface area contributed by atoms with Crippen LogP contribution in [-0.2, 0) is 16.9 Å². The first kappa shape index (κ1) is 13.4. The third kappa shape index (κ3) is 2.72. The van der Waals surface area contributed by atoms with Crippen LogP contribution in [0.5, 0.6) is 0 Å². The van der Waals surface area contributed by atoms with Crippen molar-refractivity contribution in [1.29, 1.82) is 0 Å². The summed E-state index contributed by atoms with van der Waals surface area (Å²) in [5, 5.41) is 1.69. The van der Waals surface area contributed by atoms with E-state index in [1.54, 1.807) is 5.32 Å². The average molecular weight is 253 g/mol. The lowest BCUT2D eigenvalue weighted by molar-refractivity contribution is -0.147. The van der Waals surface area contributed by atoms with Gasteiger partial charge in [0.2, 0.25) is 0 Å². The van der Waals surface area contributed by atoms with Crippen molar-refractivity contribution in [2.24, 2.45) is 0 Å². The average Bonchev–Trinajstić information content (AvgIpc) is 2.27. The molecule has 0 aliphatic heterocycles. The van der Waals surface area contributed by atoms with E-state index >= 15 is 0 Å². The fraction of sp³-hybridized carbons (Fsp3) is 0.300. The predicted molar refractivity (Wildman–Crippen MR) is 49.4 cm³/mol. The van der Waals surface area contributed by atoms with Crippen molar-refractivity contribution < 1.29 is 26.7 Å². The molecule has 0 atom stereocenters. The smallest absolute Gasteiger partial charge is 0.354 e. The molecule has 0 aliphatic carbocycles. The first-order valence-corrected chi connectivity index (χ1v) is 4.47. The van der Waals surface area contributed by atoms with E-state index in [0.717, 1.165) is 19.2 Å². The Morgan fingerprint density at radius 2 is 1.65 bits per heavy atom. The van der Waals surface area contributed by atoms with E-state index in [1.165, 1.54) is 0 Å². The van der Waals surface area contributed by atoms with E-state index in [4.69, 9.17) is 0 Å². The minimum atomic E-state index is -4.73. The minimum Gasteiger partial charge on any atom is -0.354 e. The summed E-state index contributed by atoms with van der Waals surface area (Å²) in [5.74, 6) is -5.65. The molecular formula is C10H8F5NO. The van der Waals surface area contributed by atoms with E-state index in [-0.39, 0.29) is 6.07 Å². The Bertz CT molecular complexity index is 427. The quantitative estimate of drug-likeness (QED) is 0.806. The Kier molecular flexibility index (Phi) is 3.40. The van der Waals surface area contributed by atoms with Crippen LogP contribution in [0, 0.1) is 0 Å². The largest absolute Gasteiger partial charge is 0.416 e. The number of nitrogens with one attached hydrogen (secondary N) is 1. The zero-order chi connectivity index (χ0) is 13.3. The first-order valence-electron chi connectivity index (χ1n) is 4.47. The molecule has 0 spiro atoms. The van der Waals surface area contributed by atoms with Crippen molar-refractivity contribution in [1.82, 2.24) is 5.32 Å². The normalized spacial score (nSPS) is 12.4. The number of alkyl halides is 5. The second kappa shape index (κ2) is 4.31. The van der Waals surface area contributed by atoms with Gasteiger partial charge >= 0.3 is 12.1 Å². The third-order valence-electron chi connectivity index (χ3n) is 2.06. The van der Waals surface area contributed by atoms with Gasteiger partial charge in [-0.1, -0.05) is 12.1 Å². The van der Waals surface area contributed by atoms with Crippen molar-refractivity contribution >= 4 is 5.91 Å². The number of likely N-dealkylation sites (N-methyl/N-ethyl adjacent to an activating group) is 1. The van der Waals surface area contributed by atoms with Gasteiger partial charge in [-0.2, -0.15) is 22.0 Å². The van der Waals surface area contributed by atoms with Crippen LogP contribution in [0.2, 0.25) is 0 Å². The van der Waals surface area contributed by atoms with Gasteiger partial charge in [-0.3, -0.25) is 4.79 Å². The van der Waals surface area contributed by atoms with E-state index in [0.29, 0.717) is 6.07 Å². The fourth-order valence-electron chi connectivity index (χ4n) is 1.18.